The normalized spacial score (nSPS) is 11.0. The summed E-state index contributed by atoms with van der Waals surface area (Å²) in [4.78, 5) is 8.86. The summed E-state index contributed by atoms with van der Waals surface area (Å²) in [5.41, 5.74) is 3.85. The van der Waals surface area contributed by atoms with Gasteiger partial charge in [0.1, 0.15) is 11.4 Å². The lowest BCUT2D eigenvalue weighted by atomic mass is 10.1. The largest absolute Gasteiger partial charge is 0.508 e. The maximum absolute atomic E-state index is 10.5. The lowest BCUT2D eigenvalue weighted by Gasteiger charge is -2.03. The Labute approximate surface area is 138 Å². The Hall–Kier alpha value is -3.34. The molecule has 2 aromatic heterocycles. The van der Waals surface area contributed by atoms with Crippen LogP contribution in [0.4, 0.5) is 0 Å². The Morgan fingerprint density at radius 2 is 1.67 bits per heavy atom. The van der Waals surface area contributed by atoms with Crippen molar-refractivity contribution in [2.24, 2.45) is 0 Å². The average Bonchev–Trinajstić information content (AvgIpc) is 2.92. The Morgan fingerprint density at radius 1 is 0.917 bits per heavy atom. The van der Waals surface area contributed by atoms with E-state index in [1.165, 1.54) is 0 Å². The zero-order valence-corrected chi connectivity index (χ0v) is 12.8. The van der Waals surface area contributed by atoms with Crippen LogP contribution in [0, 0.1) is 0 Å². The fourth-order valence-electron chi connectivity index (χ4n) is 2.68. The van der Waals surface area contributed by atoms with Crippen molar-refractivity contribution in [2.75, 3.05) is 0 Å². The van der Waals surface area contributed by atoms with E-state index in [0.29, 0.717) is 23.5 Å². The summed E-state index contributed by atoms with van der Waals surface area (Å²) < 4.78 is 1.63. The van der Waals surface area contributed by atoms with Crippen molar-refractivity contribution in [2.45, 2.75) is 6.42 Å². The standard InChI is InChI=1S/C19H15N3O2/c23-15-8-6-14(7-9-15)17-12-22-18(11-20-17)21-16(19(22)24)10-13-4-2-1-3-5-13/h1-9,11-12,23-24H,10H2. The van der Waals surface area contributed by atoms with Gasteiger partial charge in [0.15, 0.2) is 5.65 Å². The number of aromatic nitrogens is 3. The minimum Gasteiger partial charge on any atom is -0.508 e. The molecule has 0 amide bonds. The number of phenolic OH excluding ortho intramolecular Hbond substituents is 1. The van der Waals surface area contributed by atoms with E-state index in [2.05, 4.69) is 9.97 Å². The highest BCUT2D eigenvalue weighted by Crippen LogP contribution is 2.25. The van der Waals surface area contributed by atoms with Gasteiger partial charge in [0.2, 0.25) is 5.88 Å². The van der Waals surface area contributed by atoms with Crippen LogP contribution in [0.3, 0.4) is 0 Å². The SMILES string of the molecule is Oc1ccc(-c2cn3c(O)c(Cc4ccccc4)nc3cn2)cc1. The summed E-state index contributed by atoms with van der Waals surface area (Å²) in [6.45, 7) is 0. The van der Waals surface area contributed by atoms with E-state index in [9.17, 15) is 10.2 Å². The molecule has 0 unspecified atom stereocenters. The molecule has 0 saturated carbocycles. The highest BCUT2D eigenvalue weighted by Gasteiger charge is 2.13. The predicted octanol–water partition coefficient (Wildman–Crippen LogP) is 3.40. The van der Waals surface area contributed by atoms with E-state index in [1.807, 2.05) is 30.3 Å². The molecule has 0 aliphatic rings. The molecule has 0 saturated heterocycles. The zero-order chi connectivity index (χ0) is 16.5. The molecule has 4 rings (SSSR count). The first kappa shape index (κ1) is 14.3. The van der Waals surface area contributed by atoms with Crippen molar-refractivity contribution in [3.63, 3.8) is 0 Å². The number of hydrogen-bond acceptors (Lipinski definition) is 4. The van der Waals surface area contributed by atoms with Crippen LogP contribution in [-0.4, -0.2) is 24.6 Å². The van der Waals surface area contributed by atoms with Gasteiger partial charge in [-0.25, -0.2) is 4.98 Å². The second-order valence-electron chi connectivity index (χ2n) is 5.59. The number of nitrogens with zero attached hydrogens (tertiary/aromatic N) is 3. The van der Waals surface area contributed by atoms with E-state index in [4.69, 9.17) is 0 Å². The third-order valence-electron chi connectivity index (χ3n) is 3.93. The van der Waals surface area contributed by atoms with Crippen molar-refractivity contribution in [1.82, 2.24) is 14.4 Å². The van der Waals surface area contributed by atoms with Crippen molar-refractivity contribution in [1.29, 1.82) is 0 Å². The predicted molar refractivity (Wildman–Crippen MR) is 91.0 cm³/mol. The third kappa shape index (κ3) is 2.56. The Kier molecular flexibility index (Phi) is 3.39. The number of rotatable bonds is 3. The van der Waals surface area contributed by atoms with Gasteiger partial charge >= 0.3 is 0 Å². The minimum absolute atomic E-state index is 0.122. The van der Waals surface area contributed by atoms with Gasteiger partial charge in [-0.15, -0.1) is 0 Å². The molecule has 0 bridgehead atoms. The smallest absolute Gasteiger partial charge is 0.219 e. The van der Waals surface area contributed by atoms with Crippen molar-refractivity contribution in [3.05, 3.63) is 78.2 Å². The lowest BCUT2D eigenvalue weighted by molar-refractivity contribution is 0.442. The van der Waals surface area contributed by atoms with Crippen LogP contribution in [0.1, 0.15) is 11.3 Å². The van der Waals surface area contributed by atoms with Crippen LogP contribution < -0.4 is 0 Å². The van der Waals surface area contributed by atoms with E-state index in [1.54, 1.807) is 41.1 Å². The molecule has 2 N–H and O–H groups in total. The van der Waals surface area contributed by atoms with Gasteiger partial charge in [-0.1, -0.05) is 30.3 Å². The molecule has 5 nitrogen and oxygen atoms in total. The van der Waals surface area contributed by atoms with Crippen molar-refractivity contribution >= 4 is 5.65 Å². The number of imidazole rings is 1. The first-order chi connectivity index (χ1) is 11.7. The highest BCUT2D eigenvalue weighted by molar-refractivity contribution is 5.61. The van der Waals surface area contributed by atoms with Crippen LogP contribution in [0.5, 0.6) is 11.6 Å². The molecule has 2 heterocycles. The molecule has 0 radical (unpaired) electrons. The number of phenols is 1. The molecule has 0 spiro atoms. The molecular weight excluding hydrogens is 302 g/mol. The first-order valence-electron chi connectivity index (χ1n) is 7.60. The van der Waals surface area contributed by atoms with Crippen LogP contribution in [-0.2, 0) is 6.42 Å². The number of hydrogen-bond donors (Lipinski definition) is 2. The summed E-state index contributed by atoms with van der Waals surface area (Å²) in [6, 6.07) is 16.7. The van der Waals surface area contributed by atoms with E-state index in [-0.39, 0.29) is 11.6 Å². The van der Waals surface area contributed by atoms with Gasteiger partial charge < -0.3 is 10.2 Å². The molecule has 0 aliphatic carbocycles. The van der Waals surface area contributed by atoms with Crippen molar-refractivity contribution in [3.8, 4) is 22.9 Å². The Bertz CT molecular complexity index is 992. The van der Waals surface area contributed by atoms with Gasteiger partial charge in [-0.2, -0.15) is 0 Å². The van der Waals surface area contributed by atoms with Crippen LogP contribution >= 0.6 is 0 Å². The first-order valence-corrected chi connectivity index (χ1v) is 7.60. The fraction of sp³-hybridized carbons (Fsp3) is 0.0526. The minimum atomic E-state index is 0.122. The van der Waals surface area contributed by atoms with Gasteiger partial charge in [-0.3, -0.25) is 9.38 Å². The maximum Gasteiger partial charge on any atom is 0.219 e. The Balaban J connectivity index is 1.74. The molecule has 0 atom stereocenters. The molecule has 0 fully saturated rings. The van der Waals surface area contributed by atoms with Gasteiger partial charge in [0.05, 0.1) is 11.9 Å². The second kappa shape index (κ2) is 5.70. The molecule has 118 valence electrons. The Morgan fingerprint density at radius 3 is 2.42 bits per heavy atom. The number of aromatic hydroxyl groups is 2. The summed E-state index contributed by atoms with van der Waals surface area (Å²) in [5, 5.41) is 19.9. The lowest BCUT2D eigenvalue weighted by Crippen LogP contribution is -1.90. The second-order valence-corrected chi connectivity index (χ2v) is 5.59. The molecule has 5 heteroatoms. The van der Waals surface area contributed by atoms with Crippen LogP contribution in [0.25, 0.3) is 16.9 Å². The van der Waals surface area contributed by atoms with E-state index in [0.717, 1.165) is 11.1 Å². The summed E-state index contributed by atoms with van der Waals surface area (Å²) in [6.07, 6.45) is 3.94. The average molecular weight is 317 g/mol. The number of fused-ring (bicyclic) bond motifs is 1. The monoisotopic (exact) mass is 317 g/mol. The van der Waals surface area contributed by atoms with Gasteiger partial charge in [0, 0.05) is 18.2 Å². The van der Waals surface area contributed by atoms with Gasteiger partial charge in [-0.05, 0) is 29.8 Å². The quantitative estimate of drug-likeness (QED) is 0.607. The zero-order valence-electron chi connectivity index (χ0n) is 12.8. The summed E-state index contributed by atoms with van der Waals surface area (Å²) in [7, 11) is 0. The van der Waals surface area contributed by atoms with Crippen LogP contribution in [0.2, 0.25) is 0 Å². The molecule has 4 aromatic rings. The molecule has 0 aliphatic heterocycles. The third-order valence-corrected chi connectivity index (χ3v) is 3.93. The van der Waals surface area contributed by atoms with E-state index < -0.39 is 0 Å². The summed E-state index contributed by atoms with van der Waals surface area (Å²) >= 11 is 0. The highest BCUT2D eigenvalue weighted by atomic mass is 16.3. The molecule has 2 aromatic carbocycles. The van der Waals surface area contributed by atoms with Crippen LogP contribution in [0.15, 0.2) is 67.0 Å². The summed E-state index contributed by atoms with van der Waals surface area (Å²) in [5.74, 6) is 0.326. The fourth-order valence-corrected chi connectivity index (χ4v) is 2.68. The number of benzene rings is 2. The van der Waals surface area contributed by atoms with E-state index >= 15 is 0 Å². The molecular formula is C19H15N3O2. The molecule has 24 heavy (non-hydrogen) atoms. The van der Waals surface area contributed by atoms with Crippen molar-refractivity contribution < 1.29 is 10.2 Å². The van der Waals surface area contributed by atoms with Gasteiger partial charge in [0.25, 0.3) is 0 Å². The maximum atomic E-state index is 10.5. The topological polar surface area (TPSA) is 70.7 Å².